The monoisotopic (exact) mass is 241 g/mol. The minimum absolute atomic E-state index is 0.104. The van der Waals surface area contributed by atoms with E-state index in [4.69, 9.17) is 0 Å². The van der Waals surface area contributed by atoms with Gasteiger partial charge in [0.25, 0.3) is 0 Å². The maximum absolute atomic E-state index is 11.5. The lowest BCUT2D eigenvalue weighted by atomic mass is 10.2. The molecule has 0 aliphatic carbocycles. The van der Waals surface area contributed by atoms with Crippen LogP contribution in [0.4, 0.5) is 0 Å². The highest BCUT2D eigenvalue weighted by Gasteiger charge is 2.21. The van der Waals surface area contributed by atoms with Crippen molar-refractivity contribution in [3.63, 3.8) is 0 Å². The molecule has 0 heterocycles. The lowest BCUT2D eigenvalue weighted by Crippen LogP contribution is -2.34. The number of benzene rings is 1. The highest BCUT2D eigenvalue weighted by Crippen LogP contribution is 2.09. The van der Waals surface area contributed by atoms with Gasteiger partial charge in [-0.25, -0.2) is 12.7 Å². The van der Waals surface area contributed by atoms with E-state index in [1.807, 2.05) is 18.2 Å². The molecule has 1 amide bonds. The van der Waals surface area contributed by atoms with Crippen LogP contribution in [-0.4, -0.2) is 24.9 Å². The molecule has 5 heteroatoms. The maximum Gasteiger partial charge on any atom is 0.236 e. The van der Waals surface area contributed by atoms with Crippen LogP contribution in [0.25, 0.3) is 0 Å². The number of rotatable bonds is 4. The summed E-state index contributed by atoms with van der Waals surface area (Å²) in [7, 11) is -3.49. The minimum atomic E-state index is -3.49. The molecule has 0 aliphatic heterocycles. The molecule has 0 atom stereocenters. The van der Waals surface area contributed by atoms with Crippen LogP contribution in [0.5, 0.6) is 0 Å². The average molecular weight is 241 g/mol. The van der Waals surface area contributed by atoms with Gasteiger partial charge in [-0.05, 0) is 5.56 Å². The summed E-state index contributed by atoms with van der Waals surface area (Å²) < 4.78 is 23.8. The first-order valence-electron chi connectivity index (χ1n) is 4.99. The Balaban J connectivity index is 2.93. The molecule has 0 radical (unpaired) electrons. The lowest BCUT2D eigenvalue weighted by Gasteiger charge is -2.19. The molecular formula is C11H15NO3S. The van der Waals surface area contributed by atoms with Crippen molar-refractivity contribution >= 4 is 15.9 Å². The van der Waals surface area contributed by atoms with Crippen molar-refractivity contribution < 1.29 is 13.2 Å². The third-order valence-corrected chi connectivity index (χ3v) is 3.28. The van der Waals surface area contributed by atoms with Gasteiger partial charge in [0.2, 0.25) is 15.9 Å². The highest BCUT2D eigenvalue weighted by atomic mass is 32.2. The molecule has 0 spiro atoms. The predicted molar refractivity (Wildman–Crippen MR) is 62.1 cm³/mol. The van der Waals surface area contributed by atoms with E-state index >= 15 is 0 Å². The van der Waals surface area contributed by atoms with Gasteiger partial charge in [0.1, 0.15) is 0 Å². The number of hydrogen-bond acceptors (Lipinski definition) is 3. The predicted octanol–water partition coefficient (Wildman–Crippen LogP) is 1.38. The Morgan fingerprint density at radius 2 is 1.81 bits per heavy atom. The summed E-state index contributed by atoms with van der Waals surface area (Å²) in [4.78, 5) is 11.5. The van der Waals surface area contributed by atoms with Gasteiger partial charge in [-0.15, -0.1) is 0 Å². The van der Waals surface area contributed by atoms with E-state index < -0.39 is 10.0 Å². The quantitative estimate of drug-likeness (QED) is 0.800. The van der Waals surface area contributed by atoms with Gasteiger partial charge in [-0.1, -0.05) is 37.3 Å². The molecule has 0 unspecified atom stereocenters. The zero-order valence-electron chi connectivity index (χ0n) is 9.38. The van der Waals surface area contributed by atoms with Crippen LogP contribution in [0.15, 0.2) is 30.3 Å². The van der Waals surface area contributed by atoms with Crippen LogP contribution in [0.2, 0.25) is 0 Å². The Bertz CT molecular complexity index is 453. The first-order valence-corrected chi connectivity index (χ1v) is 6.84. The van der Waals surface area contributed by atoms with Gasteiger partial charge in [-0.2, -0.15) is 0 Å². The second-order valence-corrected chi connectivity index (χ2v) is 5.41. The number of carbonyl (C=O) groups excluding carboxylic acids is 1. The summed E-state index contributed by atoms with van der Waals surface area (Å²) in [5.74, 6) is -0.383. The Hall–Kier alpha value is -1.36. The second-order valence-electron chi connectivity index (χ2n) is 3.50. The molecule has 16 heavy (non-hydrogen) atoms. The fourth-order valence-corrected chi connectivity index (χ4v) is 2.20. The van der Waals surface area contributed by atoms with Crippen molar-refractivity contribution in [1.82, 2.24) is 4.31 Å². The number of hydrogen-bond donors (Lipinski definition) is 0. The van der Waals surface area contributed by atoms with E-state index in [1.54, 1.807) is 19.1 Å². The van der Waals surface area contributed by atoms with Gasteiger partial charge in [0, 0.05) is 6.42 Å². The number of amides is 1. The molecule has 0 fully saturated rings. The molecule has 0 saturated heterocycles. The fourth-order valence-electron chi connectivity index (χ4n) is 1.32. The molecular weight excluding hydrogens is 226 g/mol. The van der Waals surface area contributed by atoms with Crippen LogP contribution in [0.3, 0.4) is 0 Å². The topological polar surface area (TPSA) is 54.5 Å². The molecule has 88 valence electrons. The summed E-state index contributed by atoms with van der Waals surface area (Å²) in [6.45, 7) is 1.75. The van der Waals surface area contributed by atoms with Crippen molar-refractivity contribution in [2.75, 3.05) is 6.26 Å². The van der Waals surface area contributed by atoms with Crippen molar-refractivity contribution in [2.24, 2.45) is 0 Å². The van der Waals surface area contributed by atoms with Crippen LogP contribution in [-0.2, 0) is 21.4 Å². The van der Waals surface area contributed by atoms with Crippen molar-refractivity contribution in [1.29, 1.82) is 0 Å². The van der Waals surface area contributed by atoms with Crippen molar-refractivity contribution in [3.8, 4) is 0 Å². The van der Waals surface area contributed by atoms with Crippen molar-refractivity contribution in [3.05, 3.63) is 35.9 Å². The molecule has 0 aliphatic rings. The van der Waals surface area contributed by atoms with E-state index in [1.165, 1.54) is 0 Å². The standard InChI is InChI=1S/C11H15NO3S/c1-3-11(13)12(16(2,14)15)9-10-7-5-4-6-8-10/h4-8H,3,9H2,1-2H3. The van der Waals surface area contributed by atoms with Crippen LogP contribution >= 0.6 is 0 Å². The van der Waals surface area contributed by atoms with E-state index in [0.717, 1.165) is 16.1 Å². The summed E-state index contributed by atoms with van der Waals surface area (Å²) in [6, 6.07) is 9.05. The van der Waals surface area contributed by atoms with E-state index in [2.05, 4.69) is 0 Å². The van der Waals surface area contributed by atoms with Gasteiger partial charge >= 0.3 is 0 Å². The minimum Gasteiger partial charge on any atom is -0.274 e. The summed E-state index contributed by atoms with van der Waals surface area (Å²) >= 11 is 0. The van der Waals surface area contributed by atoms with Crippen LogP contribution < -0.4 is 0 Å². The Morgan fingerprint density at radius 3 is 2.25 bits per heavy atom. The Kier molecular flexibility index (Phi) is 4.06. The number of carbonyl (C=O) groups is 1. The number of nitrogens with zero attached hydrogens (tertiary/aromatic N) is 1. The lowest BCUT2D eigenvalue weighted by molar-refractivity contribution is -0.126. The first kappa shape index (κ1) is 12.7. The third-order valence-electron chi connectivity index (χ3n) is 2.15. The van der Waals surface area contributed by atoms with Crippen LogP contribution in [0.1, 0.15) is 18.9 Å². The average Bonchev–Trinajstić information content (AvgIpc) is 2.25. The Labute approximate surface area is 95.9 Å². The third kappa shape index (κ3) is 3.34. The summed E-state index contributed by atoms with van der Waals surface area (Å²) in [5.41, 5.74) is 0.801. The zero-order chi connectivity index (χ0) is 12.2. The van der Waals surface area contributed by atoms with Gasteiger partial charge in [0.15, 0.2) is 0 Å². The smallest absolute Gasteiger partial charge is 0.236 e. The first-order chi connectivity index (χ1) is 7.45. The molecule has 1 rings (SSSR count). The molecule has 0 N–H and O–H groups in total. The maximum atomic E-state index is 11.5. The summed E-state index contributed by atoms with van der Waals surface area (Å²) in [5, 5.41) is 0. The van der Waals surface area contributed by atoms with Gasteiger partial charge in [-0.3, -0.25) is 4.79 Å². The SMILES string of the molecule is CCC(=O)N(Cc1ccccc1)S(C)(=O)=O. The molecule has 1 aromatic rings. The zero-order valence-corrected chi connectivity index (χ0v) is 10.2. The molecule has 0 aromatic heterocycles. The number of sulfonamides is 1. The highest BCUT2D eigenvalue weighted by molar-refractivity contribution is 7.88. The second kappa shape index (κ2) is 5.12. The molecule has 1 aromatic carbocycles. The van der Waals surface area contributed by atoms with Gasteiger partial charge in [0.05, 0.1) is 12.8 Å². The molecule has 0 saturated carbocycles. The Morgan fingerprint density at radius 1 is 1.25 bits per heavy atom. The molecule has 0 bridgehead atoms. The summed E-state index contributed by atoms with van der Waals surface area (Å²) in [6.07, 6.45) is 1.23. The van der Waals surface area contributed by atoms with E-state index in [9.17, 15) is 13.2 Å². The largest absolute Gasteiger partial charge is 0.274 e. The van der Waals surface area contributed by atoms with E-state index in [0.29, 0.717) is 0 Å². The van der Waals surface area contributed by atoms with Gasteiger partial charge < -0.3 is 0 Å². The normalized spacial score (nSPS) is 11.1. The van der Waals surface area contributed by atoms with E-state index in [-0.39, 0.29) is 18.9 Å². The van der Waals surface area contributed by atoms with Crippen LogP contribution in [0, 0.1) is 0 Å². The molecule has 4 nitrogen and oxygen atoms in total. The van der Waals surface area contributed by atoms with Crippen molar-refractivity contribution in [2.45, 2.75) is 19.9 Å². The fraction of sp³-hybridized carbons (Fsp3) is 0.364.